The van der Waals surface area contributed by atoms with E-state index >= 15 is 0 Å². The van der Waals surface area contributed by atoms with E-state index in [4.69, 9.17) is 9.47 Å². The van der Waals surface area contributed by atoms with Crippen LogP contribution in [0.4, 0.5) is 0 Å². The minimum absolute atomic E-state index is 0.194. The minimum Gasteiger partial charge on any atom is -0.390 e. The molecule has 1 rings (SSSR count). The molecule has 2 atom stereocenters. The summed E-state index contributed by atoms with van der Waals surface area (Å²) in [5.74, 6) is 0.194. The van der Waals surface area contributed by atoms with Crippen LogP contribution in [0.2, 0.25) is 0 Å². The third kappa shape index (κ3) is 1.94. The first kappa shape index (κ1) is 7.98. The van der Waals surface area contributed by atoms with Crippen LogP contribution in [0.25, 0.3) is 0 Å². The Bertz CT molecular complexity index is 94.9. The molecule has 3 nitrogen and oxygen atoms in total. The molecule has 1 aliphatic heterocycles. The van der Waals surface area contributed by atoms with Gasteiger partial charge in [0, 0.05) is 12.5 Å². The van der Waals surface area contributed by atoms with Gasteiger partial charge in [0.25, 0.3) is 0 Å². The number of hydrogen-bond acceptors (Lipinski definition) is 3. The largest absolute Gasteiger partial charge is 0.390 e. The lowest BCUT2D eigenvalue weighted by atomic mass is 10.1. The highest BCUT2D eigenvalue weighted by Gasteiger charge is 2.25. The average molecular weight is 146 g/mol. The fourth-order valence-electron chi connectivity index (χ4n) is 1.02. The molecule has 0 aromatic rings. The average Bonchev–Trinajstić information content (AvgIpc) is 2.31. The molecule has 1 aliphatic rings. The fourth-order valence-corrected chi connectivity index (χ4v) is 1.02. The number of ether oxygens (including phenoxy) is 2. The second-order valence-corrected chi connectivity index (χ2v) is 2.52. The van der Waals surface area contributed by atoms with Gasteiger partial charge in [0.2, 0.25) is 0 Å². The van der Waals surface area contributed by atoms with Gasteiger partial charge in [-0.25, -0.2) is 0 Å². The summed E-state index contributed by atoms with van der Waals surface area (Å²) in [6.45, 7) is 4.39. The van der Waals surface area contributed by atoms with Crippen molar-refractivity contribution in [2.45, 2.75) is 13.0 Å². The van der Waals surface area contributed by atoms with Crippen LogP contribution >= 0.6 is 0 Å². The highest BCUT2D eigenvalue weighted by molar-refractivity contribution is 4.73. The smallest absolute Gasteiger partial charge is 0.0845 e. The minimum atomic E-state index is -0.313. The lowest BCUT2D eigenvalue weighted by Gasteiger charge is -2.10. The van der Waals surface area contributed by atoms with E-state index in [1.54, 1.807) is 0 Å². The predicted octanol–water partition coefficient (Wildman–Crippen LogP) is 0.0302. The standard InChI is InChI=1S/C7H14O3/c1-2-9-3-6-4-10-5-7(6)8/h6-8H,2-5H2,1H3/t6-,7-/m1/s1. The molecule has 1 saturated heterocycles. The van der Waals surface area contributed by atoms with E-state index < -0.39 is 0 Å². The Morgan fingerprint density at radius 3 is 2.90 bits per heavy atom. The van der Waals surface area contributed by atoms with E-state index in [2.05, 4.69) is 0 Å². The Hall–Kier alpha value is -0.120. The summed E-state index contributed by atoms with van der Waals surface area (Å²) in [6.07, 6.45) is -0.313. The van der Waals surface area contributed by atoms with Crippen molar-refractivity contribution in [1.29, 1.82) is 0 Å². The Morgan fingerprint density at radius 1 is 1.60 bits per heavy atom. The van der Waals surface area contributed by atoms with Gasteiger partial charge in [-0.2, -0.15) is 0 Å². The molecule has 0 aromatic heterocycles. The Labute approximate surface area is 60.9 Å². The quantitative estimate of drug-likeness (QED) is 0.610. The van der Waals surface area contributed by atoms with Gasteiger partial charge in [0.15, 0.2) is 0 Å². The van der Waals surface area contributed by atoms with Crippen LogP contribution in [0.5, 0.6) is 0 Å². The molecule has 0 saturated carbocycles. The molecular formula is C7H14O3. The summed E-state index contributed by atoms with van der Waals surface area (Å²) >= 11 is 0. The molecule has 1 N–H and O–H groups in total. The zero-order valence-electron chi connectivity index (χ0n) is 6.25. The molecular weight excluding hydrogens is 132 g/mol. The van der Waals surface area contributed by atoms with Gasteiger partial charge >= 0.3 is 0 Å². The van der Waals surface area contributed by atoms with Gasteiger partial charge < -0.3 is 14.6 Å². The zero-order chi connectivity index (χ0) is 7.40. The Morgan fingerprint density at radius 2 is 2.40 bits per heavy atom. The van der Waals surface area contributed by atoms with Gasteiger partial charge in [-0.15, -0.1) is 0 Å². The van der Waals surface area contributed by atoms with Crippen molar-refractivity contribution in [3.63, 3.8) is 0 Å². The fraction of sp³-hybridized carbons (Fsp3) is 1.00. The molecule has 1 fully saturated rings. The summed E-state index contributed by atoms with van der Waals surface area (Å²) in [5, 5.41) is 9.21. The van der Waals surface area contributed by atoms with Crippen molar-refractivity contribution >= 4 is 0 Å². The van der Waals surface area contributed by atoms with Gasteiger partial charge in [0.1, 0.15) is 0 Å². The topological polar surface area (TPSA) is 38.7 Å². The number of aliphatic hydroxyl groups excluding tert-OH is 1. The first-order chi connectivity index (χ1) is 4.84. The van der Waals surface area contributed by atoms with Gasteiger partial charge in [-0.3, -0.25) is 0 Å². The predicted molar refractivity (Wildman–Crippen MR) is 36.8 cm³/mol. The van der Waals surface area contributed by atoms with Crippen LogP contribution < -0.4 is 0 Å². The maximum atomic E-state index is 9.21. The van der Waals surface area contributed by atoms with Crippen molar-refractivity contribution in [1.82, 2.24) is 0 Å². The van der Waals surface area contributed by atoms with Crippen LogP contribution in [0.3, 0.4) is 0 Å². The summed E-state index contributed by atoms with van der Waals surface area (Å²) in [7, 11) is 0. The first-order valence-corrected chi connectivity index (χ1v) is 3.68. The maximum absolute atomic E-state index is 9.21. The molecule has 0 amide bonds. The molecule has 10 heavy (non-hydrogen) atoms. The van der Waals surface area contributed by atoms with Crippen molar-refractivity contribution in [2.75, 3.05) is 26.4 Å². The van der Waals surface area contributed by atoms with E-state index in [0.29, 0.717) is 26.4 Å². The lowest BCUT2D eigenvalue weighted by Crippen LogP contribution is -2.22. The maximum Gasteiger partial charge on any atom is 0.0845 e. The second kappa shape index (κ2) is 3.91. The molecule has 0 radical (unpaired) electrons. The van der Waals surface area contributed by atoms with Crippen LogP contribution in [-0.4, -0.2) is 37.6 Å². The van der Waals surface area contributed by atoms with Gasteiger partial charge in [0.05, 0.1) is 25.9 Å². The van der Waals surface area contributed by atoms with Gasteiger partial charge in [-0.05, 0) is 6.92 Å². The Balaban J connectivity index is 2.14. The molecule has 1 heterocycles. The normalized spacial score (nSPS) is 33.0. The SMILES string of the molecule is CCOC[C@@H]1COC[C@H]1O. The summed E-state index contributed by atoms with van der Waals surface area (Å²) in [4.78, 5) is 0. The summed E-state index contributed by atoms with van der Waals surface area (Å²) in [6, 6.07) is 0. The highest BCUT2D eigenvalue weighted by atomic mass is 16.5. The molecule has 0 spiro atoms. The van der Waals surface area contributed by atoms with E-state index in [0.717, 1.165) is 0 Å². The van der Waals surface area contributed by atoms with Crippen molar-refractivity contribution in [3.8, 4) is 0 Å². The van der Waals surface area contributed by atoms with E-state index in [9.17, 15) is 5.11 Å². The molecule has 60 valence electrons. The van der Waals surface area contributed by atoms with Gasteiger partial charge in [-0.1, -0.05) is 0 Å². The van der Waals surface area contributed by atoms with Crippen molar-refractivity contribution in [3.05, 3.63) is 0 Å². The summed E-state index contributed by atoms with van der Waals surface area (Å²) < 4.78 is 10.2. The molecule has 0 bridgehead atoms. The molecule has 3 heteroatoms. The lowest BCUT2D eigenvalue weighted by molar-refractivity contribution is 0.0588. The third-order valence-electron chi connectivity index (χ3n) is 1.70. The molecule has 0 aromatic carbocycles. The van der Waals surface area contributed by atoms with Crippen LogP contribution in [-0.2, 0) is 9.47 Å². The van der Waals surface area contributed by atoms with E-state index in [1.807, 2.05) is 6.92 Å². The zero-order valence-corrected chi connectivity index (χ0v) is 6.25. The van der Waals surface area contributed by atoms with Crippen LogP contribution in [0.1, 0.15) is 6.92 Å². The van der Waals surface area contributed by atoms with E-state index in [1.165, 1.54) is 0 Å². The van der Waals surface area contributed by atoms with Crippen LogP contribution in [0, 0.1) is 5.92 Å². The Kier molecular flexibility index (Phi) is 3.12. The summed E-state index contributed by atoms with van der Waals surface area (Å²) in [5.41, 5.74) is 0. The monoisotopic (exact) mass is 146 g/mol. The second-order valence-electron chi connectivity index (χ2n) is 2.52. The number of rotatable bonds is 3. The molecule has 0 unspecified atom stereocenters. The molecule has 0 aliphatic carbocycles. The number of aliphatic hydroxyl groups is 1. The van der Waals surface area contributed by atoms with Crippen LogP contribution in [0.15, 0.2) is 0 Å². The third-order valence-corrected chi connectivity index (χ3v) is 1.70. The van der Waals surface area contributed by atoms with E-state index in [-0.39, 0.29) is 12.0 Å². The number of hydrogen-bond donors (Lipinski definition) is 1. The van der Waals surface area contributed by atoms with Crippen molar-refractivity contribution < 1.29 is 14.6 Å². The van der Waals surface area contributed by atoms with Crippen molar-refractivity contribution in [2.24, 2.45) is 5.92 Å². The highest BCUT2D eigenvalue weighted by Crippen LogP contribution is 2.13. The first-order valence-electron chi connectivity index (χ1n) is 3.68.